The zero-order valence-corrected chi connectivity index (χ0v) is 18.8. The maximum atomic E-state index is 13.6. The first-order valence-corrected chi connectivity index (χ1v) is 11.2. The lowest BCUT2D eigenvalue weighted by Crippen LogP contribution is -2.63. The molecule has 176 valence electrons. The molecule has 1 fully saturated rings. The smallest absolute Gasteiger partial charge is 0.202 e. The van der Waals surface area contributed by atoms with E-state index in [-0.39, 0.29) is 5.57 Å². The second-order valence-corrected chi connectivity index (χ2v) is 9.10. The molecule has 0 unspecified atom stereocenters. The Morgan fingerprint density at radius 3 is 2.58 bits per heavy atom. The molecule has 1 aromatic carbocycles. The Labute approximate surface area is 191 Å². The summed E-state index contributed by atoms with van der Waals surface area (Å²) in [4.78, 5) is 38.1. The minimum absolute atomic E-state index is 0.239. The van der Waals surface area contributed by atoms with Crippen molar-refractivity contribution in [1.29, 1.82) is 0 Å². The third-order valence-electron chi connectivity index (χ3n) is 7.21. The molecule has 0 spiro atoms. The van der Waals surface area contributed by atoms with Crippen molar-refractivity contribution in [3.63, 3.8) is 0 Å². The van der Waals surface area contributed by atoms with Crippen LogP contribution in [-0.4, -0.2) is 56.1 Å². The molecule has 4 N–H and O–H groups in total. The fourth-order valence-corrected chi connectivity index (χ4v) is 5.50. The first-order chi connectivity index (χ1) is 15.6. The summed E-state index contributed by atoms with van der Waals surface area (Å²) >= 11 is 0. The minimum Gasteiger partial charge on any atom is -0.508 e. The van der Waals surface area contributed by atoms with Crippen LogP contribution in [0, 0.1) is 11.8 Å². The molecule has 0 aromatic heterocycles. The van der Waals surface area contributed by atoms with E-state index in [1.165, 1.54) is 0 Å². The molecule has 0 radical (unpaired) electrons. The van der Waals surface area contributed by atoms with Crippen molar-refractivity contribution in [2.24, 2.45) is 11.8 Å². The van der Waals surface area contributed by atoms with Crippen molar-refractivity contribution >= 4 is 23.1 Å². The van der Waals surface area contributed by atoms with Crippen LogP contribution in [0.1, 0.15) is 57.1 Å². The molecule has 5 atom stereocenters. The van der Waals surface area contributed by atoms with Crippen LogP contribution < -0.4 is 4.74 Å². The number of aliphatic hydroxyl groups excluding tert-OH is 3. The molecule has 0 bridgehead atoms. The Morgan fingerprint density at radius 2 is 1.94 bits per heavy atom. The Kier molecular flexibility index (Phi) is 5.70. The van der Waals surface area contributed by atoms with E-state index in [4.69, 9.17) is 4.74 Å². The Morgan fingerprint density at radius 1 is 1.24 bits per heavy atom. The molecule has 33 heavy (non-hydrogen) atoms. The second kappa shape index (κ2) is 8.11. The van der Waals surface area contributed by atoms with E-state index in [1.54, 1.807) is 25.1 Å². The van der Waals surface area contributed by atoms with Crippen LogP contribution in [-0.2, 0) is 14.4 Å². The molecule has 1 saturated carbocycles. The fraction of sp³-hybridized carbons (Fsp3) is 0.480. The highest BCUT2D eigenvalue weighted by Crippen LogP contribution is 2.55. The molecule has 0 aliphatic heterocycles. The van der Waals surface area contributed by atoms with Crippen molar-refractivity contribution in [3.05, 3.63) is 46.2 Å². The number of Topliss-reactive ketones (excluding diaryl/α,β-unsaturated/α-hetero) is 3. The van der Waals surface area contributed by atoms with Crippen molar-refractivity contribution in [2.45, 2.75) is 57.7 Å². The average Bonchev–Trinajstić information content (AvgIpc) is 2.76. The maximum Gasteiger partial charge on any atom is 0.202 e. The summed E-state index contributed by atoms with van der Waals surface area (Å²) in [6.07, 6.45) is -0.217. The van der Waals surface area contributed by atoms with E-state index < -0.39 is 70.3 Å². The van der Waals surface area contributed by atoms with Gasteiger partial charge in [-0.05, 0) is 30.9 Å². The van der Waals surface area contributed by atoms with Gasteiger partial charge in [0.1, 0.15) is 22.8 Å². The van der Waals surface area contributed by atoms with Crippen LogP contribution in [0.4, 0.5) is 0 Å². The maximum absolute atomic E-state index is 13.6. The van der Waals surface area contributed by atoms with Crippen LogP contribution in [0.2, 0.25) is 0 Å². The largest absolute Gasteiger partial charge is 0.508 e. The summed E-state index contributed by atoms with van der Waals surface area (Å²) in [7, 11) is 0. The number of allylic oxidation sites excluding steroid dienone is 1. The monoisotopic (exact) mass is 456 g/mol. The van der Waals surface area contributed by atoms with E-state index in [2.05, 4.69) is 0 Å². The average molecular weight is 456 g/mol. The van der Waals surface area contributed by atoms with Gasteiger partial charge in [-0.15, -0.1) is 0 Å². The first-order valence-electron chi connectivity index (χ1n) is 11.2. The van der Waals surface area contributed by atoms with Crippen LogP contribution in [0.25, 0.3) is 5.76 Å². The van der Waals surface area contributed by atoms with Gasteiger partial charge in [0.25, 0.3) is 0 Å². The fourth-order valence-electron chi connectivity index (χ4n) is 5.50. The molecule has 0 saturated heterocycles. The normalized spacial score (nSPS) is 31.2. The molecular weight excluding hydrogens is 428 g/mol. The van der Waals surface area contributed by atoms with Gasteiger partial charge in [0, 0.05) is 23.8 Å². The Balaban J connectivity index is 1.93. The SMILES string of the molecule is CCCCOc1cccc2c1C(O)=C1C(=O)[C@]3(O)C(O)=C(C(C)=O)C(=O)C[C@@H]3[C@@H](O)[C@@H]1[C@H]2C. The summed E-state index contributed by atoms with van der Waals surface area (Å²) in [5.41, 5.74) is -2.61. The van der Waals surface area contributed by atoms with Crippen molar-refractivity contribution in [2.75, 3.05) is 6.61 Å². The summed E-state index contributed by atoms with van der Waals surface area (Å²) in [6.45, 7) is 5.26. The van der Waals surface area contributed by atoms with Gasteiger partial charge in [-0.1, -0.05) is 32.4 Å². The molecule has 0 heterocycles. The summed E-state index contributed by atoms with van der Waals surface area (Å²) < 4.78 is 5.84. The lowest BCUT2D eigenvalue weighted by atomic mass is 9.55. The van der Waals surface area contributed by atoms with Gasteiger partial charge >= 0.3 is 0 Å². The van der Waals surface area contributed by atoms with Crippen LogP contribution in [0.15, 0.2) is 35.1 Å². The molecule has 8 nitrogen and oxygen atoms in total. The number of aliphatic hydroxyl groups is 4. The number of unbranched alkanes of at least 4 members (excludes halogenated alkanes) is 1. The van der Waals surface area contributed by atoms with Crippen LogP contribution in [0.5, 0.6) is 5.75 Å². The highest BCUT2D eigenvalue weighted by molar-refractivity contribution is 6.23. The molecule has 8 heteroatoms. The second-order valence-electron chi connectivity index (χ2n) is 9.10. The molecular formula is C25H28O8. The molecule has 1 aromatic rings. The number of rotatable bonds is 5. The first kappa shape index (κ1) is 23.2. The predicted octanol–water partition coefficient (Wildman–Crippen LogP) is 2.53. The van der Waals surface area contributed by atoms with E-state index in [0.717, 1.165) is 19.8 Å². The van der Waals surface area contributed by atoms with Crippen molar-refractivity contribution < 1.29 is 39.5 Å². The van der Waals surface area contributed by atoms with E-state index in [1.807, 2.05) is 6.92 Å². The number of hydrogen-bond acceptors (Lipinski definition) is 8. The zero-order valence-electron chi connectivity index (χ0n) is 18.8. The number of hydrogen-bond donors (Lipinski definition) is 4. The lowest BCUT2D eigenvalue weighted by molar-refractivity contribution is -0.160. The lowest BCUT2D eigenvalue weighted by Gasteiger charge is -2.50. The minimum atomic E-state index is -2.69. The van der Waals surface area contributed by atoms with Crippen LogP contribution >= 0.6 is 0 Å². The third kappa shape index (κ3) is 3.15. The predicted molar refractivity (Wildman–Crippen MR) is 118 cm³/mol. The van der Waals surface area contributed by atoms with Gasteiger partial charge in [0.2, 0.25) is 5.78 Å². The number of benzene rings is 1. The third-order valence-corrected chi connectivity index (χ3v) is 7.21. The topological polar surface area (TPSA) is 141 Å². The van der Waals surface area contributed by atoms with Crippen molar-refractivity contribution in [3.8, 4) is 5.75 Å². The number of carbonyl (C=O) groups excluding carboxylic acids is 3. The molecule has 3 aliphatic rings. The van der Waals surface area contributed by atoms with E-state index in [0.29, 0.717) is 23.5 Å². The number of carbonyl (C=O) groups is 3. The summed E-state index contributed by atoms with van der Waals surface area (Å²) in [6, 6.07) is 5.21. The summed E-state index contributed by atoms with van der Waals surface area (Å²) in [5.74, 6) is -6.42. The van der Waals surface area contributed by atoms with Gasteiger partial charge in [0.05, 0.1) is 18.3 Å². The van der Waals surface area contributed by atoms with E-state index in [9.17, 15) is 34.8 Å². The van der Waals surface area contributed by atoms with Gasteiger partial charge in [-0.3, -0.25) is 14.4 Å². The molecule has 3 aliphatic carbocycles. The standard InChI is InChI=1S/C25H28O8/c1-4-5-9-33-16-8-6-7-13-11(2)17-20(22(29)19(13)16)24(31)25(32)14(21(17)28)10-15(27)18(12(3)26)23(25)30/h6-8,11,14,17,21,28-30,32H,4-5,9-10H2,1-3H3/t11-,14+,17+,21+,25+/m0/s1. The van der Waals surface area contributed by atoms with Gasteiger partial charge in [-0.2, -0.15) is 0 Å². The number of fused-ring (bicyclic) bond motifs is 3. The molecule has 0 amide bonds. The molecule has 4 rings (SSSR count). The van der Waals surface area contributed by atoms with Gasteiger partial charge < -0.3 is 25.2 Å². The van der Waals surface area contributed by atoms with Crippen LogP contribution in [0.3, 0.4) is 0 Å². The quantitative estimate of drug-likeness (QED) is 0.391. The van der Waals surface area contributed by atoms with Gasteiger partial charge in [-0.25, -0.2) is 0 Å². The van der Waals surface area contributed by atoms with Crippen molar-refractivity contribution in [1.82, 2.24) is 0 Å². The summed E-state index contributed by atoms with van der Waals surface area (Å²) in [5, 5.41) is 44.6. The Hall–Kier alpha value is -2.97. The number of ether oxygens (including phenoxy) is 1. The number of ketones is 3. The van der Waals surface area contributed by atoms with Gasteiger partial charge in [0.15, 0.2) is 17.2 Å². The highest BCUT2D eigenvalue weighted by atomic mass is 16.5. The highest BCUT2D eigenvalue weighted by Gasteiger charge is 2.64. The van der Waals surface area contributed by atoms with E-state index >= 15 is 0 Å². The Bertz CT molecular complexity index is 1110. The zero-order chi connectivity index (χ0) is 24.2.